The molecular weight excluding hydrogens is 278 g/mol. The number of carbonyl (C=O) groups excluding carboxylic acids is 1. The molecule has 1 rings (SSSR count). The molecule has 4 N–H and O–H groups in total. The highest BCUT2D eigenvalue weighted by atomic mass is 32.2. The van der Waals surface area contributed by atoms with Gasteiger partial charge in [0.15, 0.2) is 0 Å². The van der Waals surface area contributed by atoms with Gasteiger partial charge in [0.1, 0.15) is 0 Å². The molecule has 0 spiro atoms. The van der Waals surface area contributed by atoms with Crippen molar-refractivity contribution in [1.29, 1.82) is 0 Å². The number of hydrogen-bond acceptors (Lipinski definition) is 4. The van der Waals surface area contributed by atoms with E-state index in [9.17, 15) is 13.2 Å². The van der Waals surface area contributed by atoms with Crippen LogP contribution in [0.5, 0.6) is 0 Å². The summed E-state index contributed by atoms with van der Waals surface area (Å²) in [5.41, 5.74) is 0.495. The number of anilines is 1. The summed E-state index contributed by atoms with van der Waals surface area (Å²) in [6.45, 7) is 6.23. The first-order valence-electron chi connectivity index (χ1n) is 6.26. The fourth-order valence-electron chi connectivity index (χ4n) is 1.56. The Balaban J connectivity index is 2.45. The zero-order valence-corrected chi connectivity index (χ0v) is 12.8. The van der Waals surface area contributed by atoms with Gasteiger partial charge in [-0.2, -0.15) is 0 Å². The summed E-state index contributed by atoms with van der Waals surface area (Å²) >= 11 is 0. The van der Waals surface area contributed by atoms with Crippen molar-refractivity contribution in [1.82, 2.24) is 5.32 Å². The molecule has 112 valence electrons. The first-order chi connectivity index (χ1) is 9.08. The second kappa shape index (κ2) is 6.23. The van der Waals surface area contributed by atoms with Crippen molar-refractivity contribution in [2.24, 2.45) is 5.14 Å². The molecule has 0 saturated heterocycles. The smallest absolute Gasteiger partial charge is 0.238 e. The number of carbonyl (C=O) groups is 1. The molecule has 0 aliphatic rings. The maximum atomic E-state index is 11.6. The van der Waals surface area contributed by atoms with Crippen LogP contribution in [0.25, 0.3) is 0 Å². The van der Waals surface area contributed by atoms with Crippen molar-refractivity contribution < 1.29 is 13.2 Å². The van der Waals surface area contributed by atoms with Crippen LogP contribution in [-0.4, -0.2) is 26.4 Å². The van der Waals surface area contributed by atoms with Crippen LogP contribution >= 0.6 is 0 Å². The largest absolute Gasteiger partial charge is 0.385 e. The van der Waals surface area contributed by atoms with Gasteiger partial charge < -0.3 is 10.6 Å². The number of rotatable bonds is 5. The number of nitrogens with two attached hydrogens (primary N) is 1. The predicted octanol–water partition coefficient (Wildman–Crippen LogP) is 1.05. The van der Waals surface area contributed by atoms with Crippen LogP contribution < -0.4 is 15.8 Å². The highest BCUT2D eigenvalue weighted by Gasteiger charge is 2.13. The average molecular weight is 299 g/mol. The van der Waals surface area contributed by atoms with E-state index in [-0.39, 0.29) is 16.3 Å². The minimum atomic E-state index is -3.67. The Kier molecular flexibility index (Phi) is 5.13. The van der Waals surface area contributed by atoms with Crippen molar-refractivity contribution in [2.45, 2.75) is 37.6 Å². The van der Waals surface area contributed by atoms with E-state index < -0.39 is 10.0 Å². The molecule has 0 aliphatic carbocycles. The van der Waals surface area contributed by atoms with Crippen LogP contribution in [0, 0.1) is 0 Å². The maximum absolute atomic E-state index is 11.6. The SMILES string of the molecule is CC(C)(C)NC(=O)CCNc1ccc(S(N)(=O)=O)cc1. The molecule has 0 aromatic heterocycles. The lowest BCUT2D eigenvalue weighted by molar-refractivity contribution is -0.122. The van der Waals surface area contributed by atoms with E-state index in [1.807, 2.05) is 20.8 Å². The Bertz CT molecular complexity index is 560. The molecule has 0 aliphatic heterocycles. The first kappa shape index (κ1) is 16.5. The lowest BCUT2D eigenvalue weighted by Gasteiger charge is -2.20. The molecule has 20 heavy (non-hydrogen) atoms. The fraction of sp³-hybridized carbons (Fsp3) is 0.462. The van der Waals surface area contributed by atoms with Crippen LogP contribution in [0.4, 0.5) is 5.69 Å². The Morgan fingerprint density at radius 1 is 1.20 bits per heavy atom. The zero-order chi connectivity index (χ0) is 15.4. The standard InChI is InChI=1S/C13H21N3O3S/c1-13(2,3)16-12(17)8-9-15-10-4-6-11(7-5-10)20(14,18)19/h4-7,15H,8-9H2,1-3H3,(H,16,17)(H2,14,18,19). The van der Waals surface area contributed by atoms with Gasteiger partial charge in [0.05, 0.1) is 4.90 Å². The van der Waals surface area contributed by atoms with Crippen LogP contribution in [0.1, 0.15) is 27.2 Å². The monoisotopic (exact) mass is 299 g/mol. The Morgan fingerprint density at radius 2 is 1.75 bits per heavy atom. The van der Waals surface area contributed by atoms with Gasteiger partial charge in [-0.25, -0.2) is 13.6 Å². The van der Waals surface area contributed by atoms with Gasteiger partial charge >= 0.3 is 0 Å². The summed E-state index contributed by atoms with van der Waals surface area (Å²) in [5, 5.41) is 10.9. The summed E-state index contributed by atoms with van der Waals surface area (Å²) in [6, 6.07) is 6.07. The third-order valence-corrected chi connectivity index (χ3v) is 3.31. The second-order valence-electron chi connectivity index (χ2n) is 5.54. The van der Waals surface area contributed by atoms with Crippen molar-refractivity contribution in [3.8, 4) is 0 Å². The normalized spacial score (nSPS) is 12.0. The second-order valence-corrected chi connectivity index (χ2v) is 7.11. The van der Waals surface area contributed by atoms with Crippen molar-refractivity contribution >= 4 is 21.6 Å². The van der Waals surface area contributed by atoms with Crippen LogP contribution in [0.3, 0.4) is 0 Å². The summed E-state index contributed by atoms with van der Waals surface area (Å²) in [5.74, 6) is -0.0360. The quantitative estimate of drug-likeness (QED) is 0.756. The molecule has 6 nitrogen and oxygen atoms in total. The van der Waals surface area contributed by atoms with Crippen molar-refractivity contribution in [2.75, 3.05) is 11.9 Å². The van der Waals surface area contributed by atoms with Gasteiger partial charge in [-0.1, -0.05) is 0 Å². The lowest BCUT2D eigenvalue weighted by Crippen LogP contribution is -2.41. The van der Waals surface area contributed by atoms with Gasteiger partial charge in [0, 0.05) is 24.2 Å². The van der Waals surface area contributed by atoms with E-state index in [0.29, 0.717) is 13.0 Å². The molecule has 1 aromatic carbocycles. The van der Waals surface area contributed by atoms with Gasteiger partial charge in [0.25, 0.3) is 0 Å². The molecular formula is C13H21N3O3S. The molecule has 0 bridgehead atoms. The Hall–Kier alpha value is -1.60. The number of hydrogen-bond donors (Lipinski definition) is 3. The minimum absolute atomic E-state index is 0.0360. The predicted molar refractivity (Wildman–Crippen MR) is 78.8 cm³/mol. The molecule has 0 fully saturated rings. The molecule has 0 atom stereocenters. The molecule has 0 radical (unpaired) electrons. The summed E-state index contributed by atoms with van der Waals surface area (Å²) in [6.07, 6.45) is 0.341. The van der Waals surface area contributed by atoms with E-state index in [1.54, 1.807) is 12.1 Å². The highest BCUT2D eigenvalue weighted by Crippen LogP contribution is 2.12. The molecule has 7 heteroatoms. The van der Waals surface area contributed by atoms with Crippen LogP contribution in [0.2, 0.25) is 0 Å². The Morgan fingerprint density at radius 3 is 2.20 bits per heavy atom. The summed E-state index contributed by atoms with van der Waals surface area (Å²) in [4.78, 5) is 11.7. The minimum Gasteiger partial charge on any atom is -0.385 e. The topological polar surface area (TPSA) is 101 Å². The van der Waals surface area contributed by atoms with Gasteiger partial charge in [-0.15, -0.1) is 0 Å². The number of primary sulfonamides is 1. The summed E-state index contributed by atoms with van der Waals surface area (Å²) < 4.78 is 22.2. The first-order valence-corrected chi connectivity index (χ1v) is 7.80. The fourth-order valence-corrected chi connectivity index (χ4v) is 2.08. The summed E-state index contributed by atoms with van der Waals surface area (Å²) in [7, 11) is -3.67. The zero-order valence-electron chi connectivity index (χ0n) is 11.9. The van der Waals surface area contributed by atoms with Crippen molar-refractivity contribution in [3.05, 3.63) is 24.3 Å². The average Bonchev–Trinajstić information content (AvgIpc) is 2.26. The maximum Gasteiger partial charge on any atom is 0.238 e. The molecule has 1 amide bonds. The van der Waals surface area contributed by atoms with E-state index in [1.165, 1.54) is 12.1 Å². The van der Waals surface area contributed by atoms with E-state index in [4.69, 9.17) is 5.14 Å². The van der Waals surface area contributed by atoms with E-state index in [2.05, 4.69) is 10.6 Å². The molecule has 1 aromatic rings. The van der Waals surface area contributed by atoms with Gasteiger partial charge in [-0.3, -0.25) is 4.79 Å². The molecule has 0 unspecified atom stereocenters. The number of benzene rings is 1. The molecule has 0 heterocycles. The highest BCUT2D eigenvalue weighted by molar-refractivity contribution is 7.89. The Labute approximate surface area is 119 Å². The van der Waals surface area contributed by atoms with Gasteiger partial charge in [-0.05, 0) is 45.0 Å². The lowest BCUT2D eigenvalue weighted by atomic mass is 10.1. The van der Waals surface area contributed by atoms with E-state index >= 15 is 0 Å². The third-order valence-electron chi connectivity index (χ3n) is 2.38. The third kappa shape index (κ3) is 6.03. The van der Waals surface area contributed by atoms with Gasteiger partial charge in [0.2, 0.25) is 15.9 Å². The number of amides is 1. The van der Waals surface area contributed by atoms with Crippen molar-refractivity contribution in [3.63, 3.8) is 0 Å². The van der Waals surface area contributed by atoms with Crippen LogP contribution in [0.15, 0.2) is 29.2 Å². The van der Waals surface area contributed by atoms with Crippen LogP contribution in [-0.2, 0) is 14.8 Å². The number of sulfonamides is 1. The number of nitrogens with one attached hydrogen (secondary N) is 2. The van der Waals surface area contributed by atoms with E-state index in [0.717, 1.165) is 5.69 Å². The molecule has 0 saturated carbocycles.